The van der Waals surface area contributed by atoms with Gasteiger partial charge in [-0.15, -0.1) is 11.3 Å². The lowest BCUT2D eigenvalue weighted by Crippen LogP contribution is -2.42. The maximum atomic E-state index is 5.70. The third kappa shape index (κ3) is 3.08. The zero-order chi connectivity index (χ0) is 10.6. The molecule has 14 heavy (non-hydrogen) atoms. The molecule has 1 aromatic rings. The lowest BCUT2D eigenvalue weighted by Gasteiger charge is -2.31. The molecule has 0 spiro atoms. The van der Waals surface area contributed by atoms with Gasteiger partial charge < -0.3 is 5.73 Å². The van der Waals surface area contributed by atoms with Gasteiger partial charge in [0.1, 0.15) is 0 Å². The first-order valence-electron chi connectivity index (χ1n) is 5.13. The van der Waals surface area contributed by atoms with Crippen LogP contribution >= 0.6 is 11.3 Å². The molecule has 0 bridgehead atoms. The normalized spacial score (nSPS) is 13.9. The van der Waals surface area contributed by atoms with Crippen molar-refractivity contribution < 1.29 is 0 Å². The summed E-state index contributed by atoms with van der Waals surface area (Å²) in [4.78, 5) is 3.85. The topological polar surface area (TPSA) is 29.3 Å². The Balaban J connectivity index is 2.60. The zero-order valence-electron chi connectivity index (χ0n) is 9.23. The molecule has 1 aromatic heterocycles. The first kappa shape index (κ1) is 11.7. The second-order valence-corrected chi connectivity index (χ2v) is 4.96. The molecule has 0 aliphatic rings. The summed E-state index contributed by atoms with van der Waals surface area (Å²) in [6.45, 7) is 8.38. The van der Waals surface area contributed by atoms with Crippen molar-refractivity contribution in [1.82, 2.24) is 4.90 Å². The second-order valence-electron chi connectivity index (χ2n) is 3.93. The molecule has 0 saturated heterocycles. The summed E-state index contributed by atoms with van der Waals surface area (Å²) in [5.41, 5.74) is 5.70. The fourth-order valence-corrected chi connectivity index (χ4v) is 2.28. The number of nitrogens with zero attached hydrogens (tertiary/aromatic N) is 1. The maximum absolute atomic E-state index is 5.70. The molecule has 0 aromatic carbocycles. The molecular formula is C11H20N2S. The van der Waals surface area contributed by atoms with Gasteiger partial charge in [0.2, 0.25) is 0 Å². The Kier molecular flexibility index (Phi) is 4.58. The molecule has 0 amide bonds. The first-order chi connectivity index (χ1) is 6.65. The third-order valence-corrected chi connectivity index (χ3v) is 3.35. The van der Waals surface area contributed by atoms with Gasteiger partial charge in [-0.1, -0.05) is 6.07 Å². The lowest BCUT2D eigenvalue weighted by molar-refractivity contribution is 0.160. The second kappa shape index (κ2) is 5.49. The van der Waals surface area contributed by atoms with E-state index in [0.29, 0.717) is 12.1 Å². The minimum Gasteiger partial charge on any atom is -0.329 e. The summed E-state index contributed by atoms with van der Waals surface area (Å²) >= 11 is 1.81. The number of nitrogens with two attached hydrogens (primary N) is 1. The maximum Gasteiger partial charge on any atom is 0.0333 e. The predicted octanol–water partition coefficient (Wildman–Crippen LogP) is 2.31. The van der Waals surface area contributed by atoms with Gasteiger partial charge in [0.25, 0.3) is 0 Å². The Labute approximate surface area is 90.7 Å². The average Bonchev–Trinajstić information content (AvgIpc) is 2.65. The van der Waals surface area contributed by atoms with Crippen molar-refractivity contribution in [2.24, 2.45) is 5.73 Å². The van der Waals surface area contributed by atoms with E-state index in [1.54, 1.807) is 0 Å². The summed E-state index contributed by atoms with van der Waals surface area (Å²) in [6, 6.07) is 5.29. The average molecular weight is 212 g/mol. The molecule has 1 rings (SSSR count). The van der Waals surface area contributed by atoms with Crippen molar-refractivity contribution in [2.45, 2.75) is 39.4 Å². The van der Waals surface area contributed by atoms with Crippen LogP contribution in [0.2, 0.25) is 0 Å². The van der Waals surface area contributed by atoms with Crippen molar-refractivity contribution in [1.29, 1.82) is 0 Å². The molecule has 1 unspecified atom stereocenters. The van der Waals surface area contributed by atoms with Gasteiger partial charge in [0.15, 0.2) is 0 Å². The van der Waals surface area contributed by atoms with Crippen molar-refractivity contribution in [3.63, 3.8) is 0 Å². The van der Waals surface area contributed by atoms with Crippen molar-refractivity contribution in [3.8, 4) is 0 Å². The highest BCUT2D eigenvalue weighted by Crippen LogP contribution is 2.15. The summed E-state index contributed by atoms with van der Waals surface area (Å²) in [7, 11) is 0. The molecule has 2 N–H and O–H groups in total. The van der Waals surface area contributed by atoms with Crippen molar-refractivity contribution in [2.75, 3.05) is 6.54 Å². The van der Waals surface area contributed by atoms with Gasteiger partial charge >= 0.3 is 0 Å². The largest absolute Gasteiger partial charge is 0.329 e. The summed E-state index contributed by atoms with van der Waals surface area (Å²) in [5, 5.41) is 2.13. The van der Waals surface area contributed by atoms with Crippen LogP contribution < -0.4 is 5.73 Å². The van der Waals surface area contributed by atoms with Crippen LogP contribution in [0.1, 0.15) is 25.6 Å². The predicted molar refractivity (Wildman–Crippen MR) is 63.5 cm³/mol. The molecule has 1 atom stereocenters. The molecule has 2 nitrogen and oxygen atoms in total. The molecule has 1 heterocycles. The van der Waals surface area contributed by atoms with E-state index in [9.17, 15) is 0 Å². The molecular weight excluding hydrogens is 192 g/mol. The highest BCUT2D eigenvalue weighted by molar-refractivity contribution is 7.09. The fraction of sp³-hybridized carbons (Fsp3) is 0.636. The van der Waals surface area contributed by atoms with E-state index in [2.05, 4.69) is 43.2 Å². The van der Waals surface area contributed by atoms with Gasteiger partial charge in [-0.25, -0.2) is 0 Å². The van der Waals surface area contributed by atoms with Crippen LogP contribution in [0.15, 0.2) is 17.5 Å². The van der Waals surface area contributed by atoms with Crippen LogP contribution in [0.3, 0.4) is 0 Å². The van der Waals surface area contributed by atoms with Crippen LogP contribution in [0.4, 0.5) is 0 Å². The van der Waals surface area contributed by atoms with Gasteiger partial charge in [-0.3, -0.25) is 4.90 Å². The Morgan fingerprint density at radius 1 is 1.43 bits per heavy atom. The quantitative estimate of drug-likeness (QED) is 0.811. The van der Waals surface area contributed by atoms with E-state index in [0.717, 1.165) is 13.1 Å². The smallest absolute Gasteiger partial charge is 0.0333 e. The van der Waals surface area contributed by atoms with Gasteiger partial charge in [0.05, 0.1) is 0 Å². The molecule has 0 fully saturated rings. The number of hydrogen-bond donors (Lipinski definition) is 1. The third-order valence-electron chi connectivity index (χ3n) is 2.49. The Bertz CT molecular complexity index is 244. The Hall–Kier alpha value is -0.380. The van der Waals surface area contributed by atoms with E-state index >= 15 is 0 Å². The highest BCUT2D eigenvalue weighted by atomic mass is 32.1. The number of thiophene rings is 1. The summed E-state index contributed by atoms with van der Waals surface area (Å²) < 4.78 is 0. The molecule has 3 heteroatoms. The monoisotopic (exact) mass is 212 g/mol. The van der Waals surface area contributed by atoms with E-state index in [4.69, 9.17) is 5.73 Å². The van der Waals surface area contributed by atoms with Crippen LogP contribution in [-0.4, -0.2) is 23.5 Å². The van der Waals surface area contributed by atoms with E-state index in [1.807, 2.05) is 11.3 Å². The van der Waals surface area contributed by atoms with Crippen molar-refractivity contribution >= 4 is 11.3 Å². The van der Waals surface area contributed by atoms with Crippen LogP contribution in [-0.2, 0) is 6.54 Å². The Morgan fingerprint density at radius 3 is 2.57 bits per heavy atom. The number of hydrogen-bond acceptors (Lipinski definition) is 3. The zero-order valence-corrected chi connectivity index (χ0v) is 10.1. The SMILES string of the molecule is CC(C)N(Cc1cccs1)C(C)CN. The highest BCUT2D eigenvalue weighted by Gasteiger charge is 2.16. The molecule has 0 aliphatic carbocycles. The number of rotatable bonds is 5. The van der Waals surface area contributed by atoms with Crippen LogP contribution in [0.25, 0.3) is 0 Å². The fourth-order valence-electron chi connectivity index (χ4n) is 1.57. The first-order valence-corrected chi connectivity index (χ1v) is 6.01. The Morgan fingerprint density at radius 2 is 2.14 bits per heavy atom. The van der Waals surface area contributed by atoms with Gasteiger partial charge in [-0.2, -0.15) is 0 Å². The summed E-state index contributed by atoms with van der Waals surface area (Å²) in [5.74, 6) is 0. The van der Waals surface area contributed by atoms with Crippen LogP contribution in [0.5, 0.6) is 0 Å². The minimum absolute atomic E-state index is 0.456. The van der Waals surface area contributed by atoms with E-state index in [1.165, 1.54) is 4.88 Å². The molecule has 80 valence electrons. The standard InChI is InChI=1S/C11H20N2S/c1-9(2)13(10(3)7-12)8-11-5-4-6-14-11/h4-6,9-10H,7-8,12H2,1-3H3. The lowest BCUT2D eigenvalue weighted by atomic mass is 10.2. The summed E-state index contributed by atoms with van der Waals surface area (Å²) in [6.07, 6.45) is 0. The molecule has 0 aliphatic heterocycles. The van der Waals surface area contributed by atoms with Gasteiger partial charge in [-0.05, 0) is 32.2 Å². The minimum atomic E-state index is 0.456. The van der Waals surface area contributed by atoms with Crippen LogP contribution in [0, 0.1) is 0 Å². The molecule has 0 saturated carbocycles. The van der Waals surface area contributed by atoms with E-state index < -0.39 is 0 Å². The van der Waals surface area contributed by atoms with E-state index in [-0.39, 0.29) is 0 Å². The van der Waals surface area contributed by atoms with Crippen molar-refractivity contribution in [3.05, 3.63) is 22.4 Å². The molecule has 0 radical (unpaired) electrons. The van der Waals surface area contributed by atoms with Gasteiger partial charge in [0, 0.05) is 30.1 Å².